The largest absolute Gasteiger partial charge is 0.455 e. The number of fused-ring (bicyclic) bond motifs is 1. The first-order chi connectivity index (χ1) is 9.70. The van der Waals surface area contributed by atoms with Crippen molar-refractivity contribution in [2.45, 2.75) is 6.61 Å². The van der Waals surface area contributed by atoms with Gasteiger partial charge in [-0.2, -0.15) is 0 Å². The van der Waals surface area contributed by atoms with Gasteiger partial charge in [0, 0.05) is 18.1 Å². The van der Waals surface area contributed by atoms with Crippen LogP contribution in [0.5, 0.6) is 11.5 Å². The fourth-order valence-corrected chi connectivity index (χ4v) is 2.45. The molecule has 0 amide bonds. The lowest BCUT2D eigenvalue weighted by Gasteiger charge is -2.08. The number of para-hydroxylation sites is 1. The van der Waals surface area contributed by atoms with E-state index in [0.29, 0.717) is 10.8 Å². The molecule has 0 saturated heterocycles. The Morgan fingerprint density at radius 2 is 1.85 bits per heavy atom. The number of rotatable bonds is 3. The van der Waals surface area contributed by atoms with Crippen LogP contribution in [0.3, 0.4) is 0 Å². The van der Waals surface area contributed by atoms with E-state index < -0.39 is 0 Å². The number of aryl methyl sites for hydroxylation is 1. The lowest BCUT2D eigenvalue weighted by molar-refractivity contribution is 0.273. The molecule has 0 fully saturated rings. The Kier molecular flexibility index (Phi) is 3.38. The highest BCUT2D eigenvalue weighted by Gasteiger charge is 2.11. The van der Waals surface area contributed by atoms with E-state index >= 15 is 0 Å². The summed E-state index contributed by atoms with van der Waals surface area (Å²) in [5.74, 6) is 1.35. The van der Waals surface area contributed by atoms with Crippen molar-refractivity contribution < 1.29 is 9.84 Å². The predicted molar refractivity (Wildman–Crippen MR) is 80.4 cm³/mol. The number of nitrogens with zero attached hydrogens (tertiary/aromatic N) is 1. The normalized spacial score (nSPS) is 10.9. The number of aliphatic hydroxyl groups is 1. The van der Waals surface area contributed by atoms with Gasteiger partial charge in [-0.1, -0.05) is 29.8 Å². The summed E-state index contributed by atoms with van der Waals surface area (Å²) < 4.78 is 7.86. The summed E-state index contributed by atoms with van der Waals surface area (Å²) in [6, 6.07) is 15.1. The van der Waals surface area contributed by atoms with Crippen molar-refractivity contribution in [2.24, 2.45) is 7.05 Å². The first-order valence-corrected chi connectivity index (χ1v) is 6.69. The molecule has 3 nitrogen and oxygen atoms in total. The summed E-state index contributed by atoms with van der Waals surface area (Å²) in [4.78, 5) is 0. The van der Waals surface area contributed by atoms with Gasteiger partial charge in [0.05, 0.1) is 17.1 Å². The molecule has 0 spiro atoms. The number of halogens is 1. The van der Waals surface area contributed by atoms with Crippen molar-refractivity contribution >= 4 is 22.5 Å². The van der Waals surface area contributed by atoms with Crippen molar-refractivity contribution in [3.63, 3.8) is 0 Å². The summed E-state index contributed by atoms with van der Waals surface area (Å²) >= 11 is 6.12. The zero-order valence-corrected chi connectivity index (χ0v) is 11.8. The molecule has 0 unspecified atom stereocenters. The van der Waals surface area contributed by atoms with Crippen LogP contribution in [0.2, 0.25) is 5.02 Å². The molecular weight excluding hydrogens is 274 g/mol. The molecule has 0 radical (unpaired) electrons. The molecule has 0 aliphatic rings. The van der Waals surface area contributed by atoms with Crippen LogP contribution >= 0.6 is 11.6 Å². The second kappa shape index (κ2) is 5.19. The molecule has 0 bridgehead atoms. The zero-order chi connectivity index (χ0) is 14.1. The Morgan fingerprint density at radius 3 is 2.60 bits per heavy atom. The first kappa shape index (κ1) is 13.0. The van der Waals surface area contributed by atoms with Crippen molar-refractivity contribution in [1.29, 1.82) is 0 Å². The lowest BCUT2D eigenvalue weighted by Crippen LogP contribution is -1.94. The van der Waals surface area contributed by atoms with Crippen molar-refractivity contribution in [2.75, 3.05) is 0 Å². The van der Waals surface area contributed by atoms with E-state index in [1.807, 2.05) is 54.1 Å². The standard InChI is InChI=1S/C16H14ClNO2/c1-18-11(10-19)9-12-14(18)6-4-8-15(12)20-16-7-3-2-5-13(16)17/h2-9,19H,10H2,1H3. The minimum Gasteiger partial charge on any atom is -0.455 e. The fourth-order valence-electron chi connectivity index (χ4n) is 2.27. The fraction of sp³-hybridized carbons (Fsp3) is 0.125. The Bertz CT molecular complexity index is 764. The average Bonchev–Trinajstić information content (AvgIpc) is 2.79. The maximum absolute atomic E-state index is 9.36. The van der Waals surface area contributed by atoms with Gasteiger partial charge in [0.1, 0.15) is 11.5 Å². The molecule has 0 atom stereocenters. The number of hydrogen-bond acceptors (Lipinski definition) is 2. The molecule has 3 aromatic rings. The second-order valence-electron chi connectivity index (χ2n) is 4.57. The van der Waals surface area contributed by atoms with Gasteiger partial charge in [0.2, 0.25) is 0 Å². The summed E-state index contributed by atoms with van der Waals surface area (Å²) in [5.41, 5.74) is 1.86. The van der Waals surface area contributed by atoms with Gasteiger partial charge in [-0.05, 0) is 30.3 Å². The van der Waals surface area contributed by atoms with E-state index in [-0.39, 0.29) is 6.61 Å². The number of hydrogen-bond donors (Lipinski definition) is 1. The van der Waals surface area contributed by atoms with Gasteiger partial charge < -0.3 is 14.4 Å². The number of aliphatic hydroxyl groups excluding tert-OH is 1. The SMILES string of the molecule is Cn1c(CO)cc2c(Oc3ccccc3Cl)cccc21. The molecule has 102 valence electrons. The number of aromatic nitrogens is 1. The van der Waals surface area contributed by atoms with Crippen LogP contribution in [-0.4, -0.2) is 9.67 Å². The van der Waals surface area contributed by atoms with E-state index in [4.69, 9.17) is 16.3 Å². The third-order valence-electron chi connectivity index (χ3n) is 3.36. The maximum Gasteiger partial charge on any atom is 0.146 e. The van der Waals surface area contributed by atoms with Gasteiger partial charge in [-0.3, -0.25) is 0 Å². The summed E-state index contributed by atoms with van der Waals surface area (Å²) in [6.45, 7) is -0.00326. The van der Waals surface area contributed by atoms with Crippen molar-refractivity contribution in [3.8, 4) is 11.5 Å². The molecule has 20 heavy (non-hydrogen) atoms. The minimum atomic E-state index is -0.00326. The van der Waals surface area contributed by atoms with Crippen LogP contribution in [0.25, 0.3) is 10.9 Å². The molecule has 3 rings (SSSR count). The van der Waals surface area contributed by atoms with Crippen LogP contribution in [0, 0.1) is 0 Å². The van der Waals surface area contributed by atoms with Gasteiger partial charge in [0.15, 0.2) is 0 Å². The van der Waals surface area contributed by atoms with Crippen LogP contribution < -0.4 is 4.74 Å². The third-order valence-corrected chi connectivity index (χ3v) is 3.68. The molecule has 1 N–H and O–H groups in total. The Balaban J connectivity index is 2.10. The van der Waals surface area contributed by atoms with E-state index in [0.717, 1.165) is 22.3 Å². The maximum atomic E-state index is 9.36. The number of ether oxygens (including phenoxy) is 1. The molecule has 0 aliphatic heterocycles. The quantitative estimate of drug-likeness (QED) is 0.786. The molecule has 0 saturated carbocycles. The van der Waals surface area contributed by atoms with E-state index in [9.17, 15) is 5.11 Å². The molecule has 1 aromatic heterocycles. The molecule has 2 aromatic carbocycles. The Labute approximate surface area is 122 Å². The van der Waals surface area contributed by atoms with Gasteiger partial charge in [-0.25, -0.2) is 0 Å². The van der Waals surface area contributed by atoms with E-state index in [2.05, 4.69) is 0 Å². The van der Waals surface area contributed by atoms with Crippen LogP contribution in [-0.2, 0) is 13.7 Å². The van der Waals surface area contributed by atoms with Gasteiger partial charge >= 0.3 is 0 Å². The summed E-state index contributed by atoms with van der Waals surface area (Å²) in [5, 5.41) is 10.9. The Hall–Kier alpha value is -1.97. The van der Waals surface area contributed by atoms with E-state index in [1.165, 1.54) is 0 Å². The highest BCUT2D eigenvalue weighted by molar-refractivity contribution is 6.32. The predicted octanol–water partition coefficient (Wildman–Crippen LogP) is 4.12. The van der Waals surface area contributed by atoms with Crippen molar-refractivity contribution in [1.82, 2.24) is 4.57 Å². The molecule has 0 aliphatic carbocycles. The molecule has 1 heterocycles. The van der Waals surface area contributed by atoms with E-state index in [1.54, 1.807) is 6.07 Å². The van der Waals surface area contributed by atoms with Crippen LogP contribution in [0.4, 0.5) is 0 Å². The number of benzene rings is 2. The minimum absolute atomic E-state index is 0.00326. The van der Waals surface area contributed by atoms with Gasteiger partial charge in [0.25, 0.3) is 0 Å². The second-order valence-corrected chi connectivity index (χ2v) is 4.98. The molecule has 4 heteroatoms. The third kappa shape index (κ3) is 2.15. The smallest absolute Gasteiger partial charge is 0.146 e. The monoisotopic (exact) mass is 287 g/mol. The Morgan fingerprint density at radius 1 is 1.10 bits per heavy atom. The highest BCUT2D eigenvalue weighted by atomic mass is 35.5. The van der Waals surface area contributed by atoms with Crippen molar-refractivity contribution in [3.05, 3.63) is 59.2 Å². The highest BCUT2D eigenvalue weighted by Crippen LogP contribution is 2.34. The first-order valence-electron chi connectivity index (χ1n) is 6.31. The lowest BCUT2D eigenvalue weighted by atomic mass is 10.2. The summed E-state index contributed by atoms with van der Waals surface area (Å²) in [6.07, 6.45) is 0. The summed E-state index contributed by atoms with van der Waals surface area (Å²) in [7, 11) is 1.92. The van der Waals surface area contributed by atoms with Crippen LogP contribution in [0.1, 0.15) is 5.69 Å². The molecular formula is C16H14ClNO2. The van der Waals surface area contributed by atoms with Crippen LogP contribution in [0.15, 0.2) is 48.5 Å². The van der Waals surface area contributed by atoms with Gasteiger partial charge in [-0.15, -0.1) is 0 Å². The average molecular weight is 288 g/mol. The zero-order valence-electron chi connectivity index (χ0n) is 11.0. The topological polar surface area (TPSA) is 34.4 Å².